The molecule has 0 bridgehead atoms. The highest BCUT2D eigenvalue weighted by atomic mass is 35.5. The van der Waals surface area contributed by atoms with Gasteiger partial charge in [-0.25, -0.2) is 9.67 Å². The minimum atomic E-state index is -0.346. The highest BCUT2D eigenvalue weighted by molar-refractivity contribution is 6.31. The molecule has 1 aromatic carbocycles. The van der Waals surface area contributed by atoms with Crippen LogP contribution in [0.2, 0.25) is 5.02 Å². The van der Waals surface area contributed by atoms with Crippen LogP contribution in [0.1, 0.15) is 29.7 Å². The molecule has 0 saturated heterocycles. The molecule has 140 valence electrons. The third kappa shape index (κ3) is 4.06. The molecule has 3 rings (SSSR count). The highest BCUT2D eigenvalue weighted by Crippen LogP contribution is 2.15. The first-order valence-corrected chi connectivity index (χ1v) is 8.79. The predicted molar refractivity (Wildman–Crippen MR) is 102 cm³/mol. The summed E-state index contributed by atoms with van der Waals surface area (Å²) in [4.78, 5) is 45.2. The topological polar surface area (TPSA) is 101 Å². The van der Waals surface area contributed by atoms with Crippen LogP contribution in [0.3, 0.4) is 0 Å². The van der Waals surface area contributed by atoms with E-state index in [0.717, 1.165) is 4.68 Å². The van der Waals surface area contributed by atoms with E-state index in [1.54, 1.807) is 18.2 Å². The summed E-state index contributed by atoms with van der Waals surface area (Å²) in [5.74, 6) is 0.00248. The molecular formula is C18H18ClN5O3. The summed E-state index contributed by atoms with van der Waals surface area (Å²) < 4.78 is 1.11. The molecular weight excluding hydrogens is 370 g/mol. The van der Waals surface area contributed by atoms with E-state index in [9.17, 15) is 14.4 Å². The van der Waals surface area contributed by atoms with Crippen molar-refractivity contribution in [2.45, 2.75) is 19.9 Å². The average Bonchev–Trinajstić information content (AvgIpc) is 2.62. The number of carbonyl (C=O) groups is 1. The van der Waals surface area contributed by atoms with Gasteiger partial charge in [0.25, 0.3) is 17.0 Å². The molecule has 8 nitrogen and oxygen atoms in total. The smallest absolute Gasteiger partial charge is 0.274 e. The van der Waals surface area contributed by atoms with E-state index >= 15 is 0 Å². The number of nitrogens with one attached hydrogen (secondary N) is 1. The lowest BCUT2D eigenvalue weighted by molar-refractivity contribution is 0.0730. The fourth-order valence-corrected chi connectivity index (χ4v) is 2.88. The van der Waals surface area contributed by atoms with E-state index in [4.69, 9.17) is 11.6 Å². The second-order valence-corrected chi connectivity index (χ2v) is 6.52. The second-order valence-electron chi connectivity index (χ2n) is 6.08. The number of halogens is 1. The molecule has 0 aliphatic rings. The van der Waals surface area contributed by atoms with Crippen LogP contribution in [0.5, 0.6) is 0 Å². The van der Waals surface area contributed by atoms with Crippen LogP contribution in [0, 0.1) is 0 Å². The molecule has 0 spiro atoms. The lowest BCUT2D eigenvalue weighted by atomic mass is 10.2. The number of hydrogen-bond acceptors (Lipinski definition) is 5. The van der Waals surface area contributed by atoms with Crippen molar-refractivity contribution in [1.82, 2.24) is 24.6 Å². The fraction of sp³-hybridized carbons (Fsp3) is 0.278. The van der Waals surface area contributed by atoms with Crippen LogP contribution >= 0.6 is 11.6 Å². The Kier molecular flexibility index (Phi) is 5.36. The van der Waals surface area contributed by atoms with Crippen molar-refractivity contribution >= 4 is 28.4 Å². The number of H-pyrrole nitrogens is 1. The maximum atomic E-state index is 12.8. The summed E-state index contributed by atoms with van der Waals surface area (Å²) in [6.07, 6.45) is 0.709. The number of nitrogens with zero attached hydrogens (tertiary/aromatic N) is 4. The molecule has 0 atom stereocenters. The van der Waals surface area contributed by atoms with Crippen molar-refractivity contribution < 1.29 is 4.79 Å². The molecule has 0 unspecified atom stereocenters. The van der Waals surface area contributed by atoms with Crippen molar-refractivity contribution in [3.8, 4) is 0 Å². The average molecular weight is 388 g/mol. The Bertz CT molecular complexity index is 1120. The van der Waals surface area contributed by atoms with Crippen molar-refractivity contribution in [2.24, 2.45) is 7.05 Å². The molecule has 0 aliphatic heterocycles. The molecule has 1 N–H and O–H groups in total. The summed E-state index contributed by atoms with van der Waals surface area (Å²) in [5.41, 5.74) is 0.0175. The molecule has 27 heavy (non-hydrogen) atoms. The number of aromatic nitrogens is 4. The Morgan fingerprint density at radius 3 is 2.74 bits per heavy atom. The van der Waals surface area contributed by atoms with Gasteiger partial charge < -0.3 is 9.88 Å². The SMILES string of the molecule is CCCN(Cc1nc2cc(Cl)ccc2c(=O)[nH]1)C(=O)c1ccc(=O)n(C)n1. The largest absolute Gasteiger partial charge is 0.330 e. The maximum absolute atomic E-state index is 12.8. The zero-order valence-electron chi connectivity index (χ0n) is 14.9. The summed E-state index contributed by atoms with van der Waals surface area (Å²) >= 11 is 5.98. The van der Waals surface area contributed by atoms with Crippen molar-refractivity contribution in [2.75, 3.05) is 6.54 Å². The molecule has 0 radical (unpaired) electrons. The molecule has 9 heteroatoms. The summed E-state index contributed by atoms with van der Waals surface area (Å²) in [6.45, 7) is 2.49. The molecule has 0 fully saturated rings. The van der Waals surface area contributed by atoms with Gasteiger partial charge in [0.05, 0.1) is 17.4 Å². The number of fused-ring (bicyclic) bond motifs is 1. The van der Waals surface area contributed by atoms with Gasteiger partial charge in [-0.1, -0.05) is 18.5 Å². The van der Waals surface area contributed by atoms with Crippen LogP contribution < -0.4 is 11.1 Å². The van der Waals surface area contributed by atoms with E-state index in [1.807, 2.05) is 6.92 Å². The van der Waals surface area contributed by atoms with E-state index in [-0.39, 0.29) is 29.3 Å². The number of rotatable bonds is 5. The lowest BCUT2D eigenvalue weighted by Crippen LogP contribution is -2.34. The normalized spacial score (nSPS) is 10.9. The molecule has 0 aliphatic carbocycles. The van der Waals surface area contributed by atoms with Crippen LogP contribution in [-0.2, 0) is 13.6 Å². The number of amides is 1. The molecule has 0 saturated carbocycles. The number of aromatic amines is 1. The van der Waals surface area contributed by atoms with Gasteiger partial charge >= 0.3 is 0 Å². The number of carbonyl (C=O) groups excluding carboxylic acids is 1. The van der Waals surface area contributed by atoms with E-state index < -0.39 is 0 Å². The summed E-state index contributed by atoms with van der Waals surface area (Å²) in [5, 5.41) is 4.90. The van der Waals surface area contributed by atoms with Crippen molar-refractivity contribution in [3.05, 3.63) is 67.6 Å². The van der Waals surface area contributed by atoms with Gasteiger partial charge in [-0.05, 0) is 30.7 Å². The Hall–Kier alpha value is -3.00. The highest BCUT2D eigenvalue weighted by Gasteiger charge is 2.19. The van der Waals surface area contributed by atoms with Crippen LogP contribution in [0.4, 0.5) is 0 Å². The van der Waals surface area contributed by atoms with Gasteiger partial charge in [0.2, 0.25) is 0 Å². The zero-order valence-corrected chi connectivity index (χ0v) is 15.7. The van der Waals surface area contributed by atoms with Crippen LogP contribution in [0.25, 0.3) is 10.9 Å². The summed E-state index contributed by atoms with van der Waals surface area (Å²) in [6, 6.07) is 7.53. The van der Waals surface area contributed by atoms with E-state index in [0.29, 0.717) is 34.7 Å². The quantitative estimate of drug-likeness (QED) is 0.718. The molecule has 1 amide bonds. The van der Waals surface area contributed by atoms with Gasteiger partial charge in [0.15, 0.2) is 0 Å². The first kappa shape index (κ1) is 18.8. The Morgan fingerprint density at radius 2 is 2.04 bits per heavy atom. The number of benzene rings is 1. The standard InChI is InChI=1S/C18H18ClN5O3/c1-3-8-24(18(27)13-6-7-16(25)23(2)22-13)10-15-20-14-9-11(19)4-5-12(14)17(26)21-15/h4-7,9H,3,8,10H2,1-2H3,(H,20,21,26). The van der Waals surface area contributed by atoms with Gasteiger partial charge in [0, 0.05) is 24.7 Å². The van der Waals surface area contributed by atoms with Crippen molar-refractivity contribution in [1.29, 1.82) is 0 Å². The molecule has 2 heterocycles. The van der Waals surface area contributed by atoms with Crippen molar-refractivity contribution in [3.63, 3.8) is 0 Å². The predicted octanol–water partition coefficient (Wildman–Crippen LogP) is 1.72. The van der Waals surface area contributed by atoms with Gasteiger partial charge in [-0.2, -0.15) is 5.10 Å². The number of hydrogen-bond donors (Lipinski definition) is 1. The second kappa shape index (κ2) is 7.71. The maximum Gasteiger partial charge on any atom is 0.274 e. The van der Waals surface area contributed by atoms with Crippen LogP contribution in [-0.4, -0.2) is 37.1 Å². The summed E-state index contributed by atoms with van der Waals surface area (Å²) in [7, 11) is 1.48. The first-order chi connectivity index (χ1) is 12.9. The zero-order chi connectivity index (χ0) is 19.6. The molecule has 3 aromatic rings. The van der Waals surface area contributed by atoms with Gasteiger partial charge in [-0.15, -0.1) is 0 Å². The minimum Gasteiger partial charge on any atom is -0.330 e. The minimum absolute atomic E-state index is 0.106. The fourth-order valence-electron chi connectivity index (χ4n) is 2.72. The third-order valence-corrected chi connectivity index (χ3v) is 4.25. The van der Waals surface area contributed by atoms with E-state index in [2.05, 4.69) is 15.1 Å². The van der Waals surface area contributed by atoms with Gasteiger partial charge in [-0.3, -0.25) is 14.4 Å². The Morgan fingerprint density at radius 1 is 1.26 bits per heavy atom. The first-order valence-electron chi connectivity index (χ1n) is 8.41. The Labute approximate surface area is 159 Å². The van der Waals surface area contributed by atoms with Gasteiger partial charge in [0.1, 0.15) is 11.5 Å². The molecule has 2 aromatic heterocycles. The Balaban J connectivity index is 1.95. The third-order valence-electron chi connectivity index (χ3n) is 4.02. The monoisotopic (exact) mass is 387 g/mol. The number of aryl methyl sites for hydroxylation is 1. The van der Waals surface area contributed by atoms with E-state index in [1.165, 1.54) is 24.1 Å². The van der Waals surface area contributed by atoms with Crippen LogP contribution in [0.15, 0.2) is 39.9 Å². The lowest BCUT2D eigenvalue weighted by Gasteiger charge is -2.21.